The highest BCUT2D eigenvalue weighted by Crippen LogP contribution is 2.25. The molecule has 2 amide bonds. The molecule has 7 nitrogen and oxygen atoms in total. The number of ether oxygens (including phenoxy) is 1. The van der Waals surface area contributed by atoms with Crippen LogP contribution in [-0.4, -0.2) is 60.4 Å². The van der Waals surface area contributed by atoms with Gasteiger partial charge in [0.2, 0.25) is 5.91 Å². The summed E-state index contributed by atoms with van der Waals surface area (Å²) in [6.07, 6.45) is 3.13. The van der Waals surface area contributed by atoms with E-state index in [2.05, 4.69) is 0 Å². The van der Waals surface area contributed by atoms with E-state index in [0.29, 0.717) is 49.9 Å². The summed E-state index contributed by atoms with van der Waals surface area (Å²) in [6.45, 7) is 7.91. The third kappa shape index (κ3) is 4.39. The van der Waals surface area contributed by atoms with Crippen LogP contribution in [-0.2, 0) is 14.3 Å². The van der Waals surface area contributed by atoms with Crippen molar-refractivity contribution < 1.29 is 23.5 Å². The molecule has 2 aliphatic rings. The van der Waals surface area contributed by atoms with Crippen LogP contribution in [0.1, 0.15) is 54.5 Å². The predicted octanol–water partition coefficient (Wildman–Crippen LogP) is 2.55. The van der Waals surface area contributed by atoms with Gasteiger partial charge in [0.25, 0.3) is 5.91 Å². The zero-order chi connectivity index (χ0) is 20.3. The van der Waals surface area contributed by atoms with Gasteiger partial charge in [0.1, 0.15) is 11.5 Å². The zero-order valence-electron chi connectivity index (χ0n) is 17.0. The first-order valence-electron chi connectivity index (χ1n) is 10.2. The highest BCUT2D eigenvalue weighted by atomic mass is 16.5. The molecule has 2 atom stereocenters. The minimum Gasteiger partial charge on any atom is -0.466 e. The van der Waals surface area contributed by atoms with Crippen molar-refractivity contribution in [2.75, 3.05) is 32.8 Å². The molecule has 0 unspecified atom stereocenters. The van der Waals surface area contributed by atoms with Gasteiger partial charge >= 0.3 is 5.97 Å². The number of hydrogen-bond acceptors (Lipinski definition) is 5. The number of hydrogen-bond donors (Lipinski definition) is 0. The lowest BCUT2D eigenvalue weighted by Gasteiger charge is -2.37. The van der Waals surface area contributed by atoms with Gasteiger partial charge in [-0.3, -0.25) is 14.4 Å². The Hall–Kier alpha value is -2.31. The number of aryl methyl sites for hydroxylation is 2. The Bertz CT molecular complexity index is 741. The second-order valence-corrected chi connectivity index (χ2v) is 7.79. The highest BCUT2D eigenvalue weighted by molar-refractivity contribution is 5.95. The smallest absolute Gasteiger partial charge is 0.310 e. The summed E-state index contributed by atoms with van der Waals surface area (Å²) in [5.41, 5.74) is 0.575. The minimum absolute atomic E-state index is 0.0478. The summed E-state index contributed by atoms with van der Waals surface area (Å²) in [5.74, 6) is 0.628. The standard InChI is InChI=1S/C21H30N2O5/c1-4-27-21(26)17-8-6-9-22(13-17)19(24)16-7-5-10-23(12-16)20(25)18-11-14(2)28-15(18)3/h11,16-17H,4-10,12-13H2,1-3H3/t16-,17-/m0/s1. The van der Waals surface area contributed by atoms with E-state index < -0.39 is 0 Å². The summed E-state index contributed by atoms with van der Waals surface area (Å²) in [5, 5.41) is 0. The number of amides is 2. The molecule has 0 spiro atoms. The number of rotatable bonds is 4. The molecule has 0 N–H and O–H groups in total. The number of nitrogens with zero attached hydrogens (tertiary/aromatic N) is 2. The average Bonchev–Trinajstić information content (AvgIpc) is 3.05. The van der Waals surface area contributed by atoms with Crippen molar-refractivity contribution in [3.05, 3.63) is 23.2 Å². The molecule has 0 bridgehead atoms. The molecule has 28 heavy (non-hydrogen) atoms. The van der Waals surface area contributed by atoms with Crippen LogP contribution in [0.3, 0.4) is 0 Å². The molecule has 0 aromatic carbocycles. The Morgan fingerprint density at radius 3 is 2.36 bits per heavy atom. The Kier molecular flexibility index (Phi) is 6.42. The highest BCUT2D eigenvalue weighted by Gasteiger charge is 2.35. The lowest BCUT2D eigenvalue weighted by atomic mass is 9.92. The van der Waals surface area contributed by atoms with Gasteiger partial charge in [0, 0.05) is 26.2 Å². The van der Waals surface area contributed by atoms with Crippen LogP contribution in [0.4, 0.5) is 0 Å². The molecule has 1 aromatic heterocycles. The first kappa shape index (κ1) is 20.4. The molecule has 0 radical (unpaired) electrons. The molecular weight excluding hydrogens is 360 g/mol. The number of carbonyl (C=O) groups excluding carboxylic acids is 3. The van der Waals surface area contributed by atoms with Crippen LogP contribution < -0.4 is 0 Å². The van der Waals surface area contributed by atoms with Crippen LogP contribution in [0.15, 0.2) is 10.5 Å². The molecule has 0 saturated carbocycles. The maximum absolute atomic E-state index is 13.1. The van der Waals surface area contributed by atoms with E-state index in [1.54, 1.807) is 29.7 Å². The summed E-state index contributed by atoms with van der Waals surface area (Å²) >= 11 is 0. The number of likely N-dealkylation sites (tertiary alicyclic amines) is 2. The molecule has 3 heterocycles. The van der Waals surface area contributed by atoms with Crippen LogP contribution in [0.2, 0.25) is 0 Å². The van der Waals surface area contributed by atoms with Crippen LogP contribution in [0.5, 0.6) is 0 Å². The van der Waals surface area contributed by atoms with Crippen LogP contribution in [0.25, 0.3) is 0 Å². The Balaban J connectivity index is 1.63. The Morgan fingerprint density at radius 2 is 1.71 bits per heavy atom. The lowest BCUT2D eigenvalue weighted by molar-refractivity contribution is -0.152. The lowest BCUT2D eigenvalue weighted by Crippen LogP contribution is -2.50. The van der Waals surface area contributed by atoms with Gasteiger partial charge in [-0.2, -0.15) is 0 Å². The van der Waals surface area contributed by atoms with E-state index in [-0.39, 0.29) is 29.6 Å². The first-order valence-corrected chi connectivity index (χ1v) is 10.2. The summed E-state index contributed by atoms with van der Waals surface area (Å²) in [6, 6.07) is 1.76. The molecule has 7 heteroatoms. The van der Waals surface area contributed by atoms with Gasteiger partial charge in [-0.25, -0.2) is 0 Å². The fourth-order valence-electron chi connectivity index (χ4n) is 4.26. The van der Waals surface area contributed by atoms with E-state index in [9.17, 15) is 14.4 Å². The van der Waals surface area contributed by atoms with Gasteiger partial charge in [0.15, 0.2) is 0 Å². The van der Waals surface area contributed by atoms with Gasteiger partial charge in [-0.1, -0.05) is 0 Å². The van der Waals surface area contributed by atoms with Gasteiger partial charge in [-0.15, -0.1) is 0 Å². The summed E-state index contributed by atoms with van der Waals surface area (Å²) < 4.78 is 10.6. The van der Waals surface area contributed by atoms with Crippen molar-refractivity contribution >= 4 is 17.8 Å². The maximum atomic E-state index is 13.1. The van der Waals surface area contributed by atoms with Crippen molar-refractivity contribution in [3.63, 3.8) is 0 Å². The fraction of sp³-hybridized carbons (Fsp3) is 0.667. The topological polar surface area (TPSA) is 80.1 Å². The van der Waals surface area contributed by atoms with E-state index in [1.165, 1.54) is 0 Å². The predicted molar refractivity (Wildman–Crippen MR) is 103 cm³/mol. The van der Waals surface area contributed by atoms with Crippen LogP contribution >= 0.6 is 0 Å². The monoisotopic (exact) mass is 390 g/mol. The number of esters is 1. The third-order valence-electron chi connectivity index (χ3n) is 5.68. The average molecular weight is 390 g/mol. The second-order valence-electron chi connectivity index (χ2n) is 7.79. The molecule has 1 aromatic rings. The SMILES string of the molecule is CCOC(=O)[C@H]1CCCN(C(=O)[C@H]2CCCN(C(=O)c3cc(C)oc3C)C2)C1. The first-order chi connectivity index (χ1) is 13.4. The third-order valence-corrected chi connectivity index (χ3v) is 5.68. The summed E-state index contributed by atoms with van der Waals surface area (Å²) in [4.78, 5) is 41.5. The van der Waals surface area contributed by atoms with Crippen molar-refractivity contribution in [1.29, 1.82) is 0 Å². The van der Waals surface area contributed by atoms with E-state index in [1.807, 2.05) is 6.92 Å². The molecule has 0 aliphatic carbocycles. The van der Waals surface area contributed by atoms with Gasteiger partial charge < -0.3 is 19.0 Å². The second kappa shape index (κ2) is 8.80. The van der Waals surface area contributed by atoms with E-state index >= 15 is 0 Å². The van der Waals surface area contributed by atoms with Gasteiger partial charge in [0.05, 0.1) is 24.0 Å². The van der Waals surface area contributed by atoms with Crippen LogP contribution in [0, 0.1) is 25.7 Å². The fourth-order valence-corrected chi connectivity index (χ4v) is 4.26. The van der Waals surface area contributed by atoms with Crippen molar-refractivity contribution in [1.82, 2.24) is 9.80 Å². The quantitative estimate of drug-likeness (QED) is 0.738. The largest absolute Gasteiger partial charge is 0.466 e. The summed E-state index contributed by atoms with van der Waals surface area (Å²) in [7, 11) is 0. The van der Waals surface area contributed by atoms with E-state index in [4.69, 9.17) is 9.15 Å². The molecule has 2 aliphatic heterocycles. The Morgan fingerprint density at radius 1 is 1.07 bits per heavy atom. The minimum atomic E-state index is -0.240. The Labute approximate surface area is 166 Å². The normalized spacial score (nSPS) is 22.8. The molecular formula is C21H30N2O5. The van der Waals surface area contributed by atoms with Crippen molar-refractivity contribution in [2.24, 2.45) is 11.8 Å². The maximum Gasteiger partial charge on any atom is 0.310 e. The van der Waals surface area contributed by atoms with Crippen molar-refractivity contribution in [2.45, 2.75) is 46.5 Å². The van der Waals surface area contributed by atoms with E-state index in [0.717, 1.165) is 25.7 Å². The van der Waals surface area contributed by atoms with Crippen molar-refractivity contribution in [3.8, 4) is 0 Å². The van der Waals surface area contributed by atoms with Gasteiger partial charge in [-0.05, 0) is 52.5 Å². The number of furan rings is 1. The molecule has 2 fully saturated rings. The number of carbonyl (C=O) groups is 3. The molecule has 3 rings (SSSR count). The zero-order valence-corrected chi connectivity index (χ0v) is 17.0. The molecule has 2 saturated heterocycles. The number of piperidine rings is 2. The molecule has 154 valence electrons.